The molecule has 1 N–H and O–H groups in total. The van der Waals surface area contributed by atoms with Gasteiger partial charge in [-0.1, -0.05) is 44.1 Å². The summed E-state index contributed by atoms with van der Waals surface area (Å²) in [6, 6.07) is 11.5. The van der Waals surface area contributed by atoms with E-state index < -0.39 is 0 Å². The normalized spacial score (nSPS) is 15.9. The summed E-state index contributed by atoms with van der Waals surface area (Å²) < 4.78 is 5.26. The molecular formula is C27H32KNO3-2. The Balaban J connectivity index is 0.000000230. The van der Waals surface area contributed by atoms with Crippen LogP contribution < -0.4 is 61.4 Å². The topological polar surface area (TPSA) is 55.4 Å². The number of anilines is 1. The Morgan fingerprint density at radius 1 is 1.16 bits per heavy atom. The van der Waals surface area contributed by atoms with Crippen molar-refractivity contribution in [1.82, 2.24) is 0 Å². The standard InChI is InChI=1S/C15H20NO2.C12H12O.K/c1-11-8-9-13(10-14(11)18-2)16-15(17)12-6-4-3-5-7-12;1-9-11(8-13)6-3-7-12(9)10-4-2-5-10;/h3,8-10,12H,4-7H2,1-2H3,(H,16,17);3,6-7,10H,1-2,4-5H2;/q-1;-2;+1. The van der Waals surface area contributed by atoms with E-state index in [9.17, 15) is 9.59 Å². The van der Waals surface area contributed by atoms with Crippen molar-refractivity contribution < 1.29 is 65.7 Å². The van der Waals surface area contributed by atoms with E-state index in [2.05, 4.69) is 24.7 Å². The fraction of sp³-hybridized carbons (Fsp3) is 0.407. The van der Waals surface area contributed by atoms with E-state index in [4.69, 9.17) is 4.74 Å². The van der Waals surface area contributed by atoms with Gasteiger partial charge >= 0.3 is 51.4 Å². The van der Waals surface area contributed by atoms with Crippen LogP contribution >= 0.6 is 0 Å². The first-order valence-corrected chi connectivity index (χ1v) is 11.1. The Kier molecular flexibility index (Phi) is 11.5. The first-order valence-electron chi connectivity index (χ1n) is 11.1. The van der Waals surface area contributed by atoms with Crippen LogP contribution in [0.2, 0.25) is 0 Å². The molecule has 2 aromatic carbocycles. The van der Waals surface area contributed by atoms with Gasteiger partial charge in [-0.25, -0.2) is 11.6 Å². The van der Waals surface area contributed by atoms with E-state index in [0.29, 0.717) is 11.5 Å². The van der Waals surface area contributed by atoms with Crippen LogP contribution in [0, 0.1) is 26.2 Å². The molecule has 1 amide bonds. The van der Waals surface area contributed by atoms with Gasteiger partial charge in [0.1, 0.15) is 5.75 Å². The van der Waals surface area contributed by atoms with Crippen molar-refractivity contribution in [3.63, 3.8) is 0 Å². The number of benzene rings is 2. The van der Waals surface area contributed by atoms with Crippen molar-refractivity contribution in [3.05, 3.63) is 72.0 Å². The largest absolute Gasteiger partial charge is 1.00 e. The number of hydrogen-bond acceptors (Lipinski definition) is 3. The Labute approximate surface area is 235 Å². The van der Waals surface area contributed by atoms with Crippen molar-refractivity contribution in [3.8, 4) is 5.75 Å². The van der Waals surface area contributed by atoms with Crippen molar-refractivity contribution in [2.45, 2.75) is 57.8 Å². The third-order valence-electron chi connectivity index (χ3n) is 6.35. The van der Waals surface area contributed by atoms with Crippen LogP contribution in [0.5, 0.6) is 5.75 Å². The summed E-state index contributed by atoms with van der Waals surface area (Å²) in [7, 11) is 1.64. The van der Waals surface area contributed by atoms with Crippen molar-refractivity contribution in [2.24, 2.45) is 5.92 Å². The van der Waals surface area contributed by atoms with Crippen molar-refractivity contribution in [2.75, 3.05) is 12.4 Å². The van der Waals surface area contributed by atoms with E-state index in [0.717, 1.165) is 48.2 Å². The molecule has 2 fully saturated rings. The molecule has 0 aromatic heterocycles. The van der Waals surface area contributed by atoms with Gasteiger partial charge in [0.05, 0.1) is 7.11 Å². The average Bonchev–Trinajstić information content (AvgIpc) is 2.76. The molecular weight excluding hydrogens is 425 g/mol. The summed E-state index contributed by atoms with van der Waals surface area (Å²) in [5.41, 5.74) is 4.62. The Bertz CT molecular complexity index is 902. The van der Waals surface area contributed by atoms with Gasteiger partial charge in [0.25, 0.3) is 0 Å². The summed E-state index contributed by atoms with van der Waals surface area (Å²) in [5, 5.41) is 2.98. The molecule has 2 aromatic rings. The first kappa shape index (κ1) is 27.1. The Morgan fingerprint density at radius 3 is 2.47 bits per heavy atom. The molecule has 0 radical (unpaired) electrons. The smallest absolute Gasteiger partial charge is 0.496 e. The van der Waals surface area contributed by atoms with E-state index in [1.807, 2.05) is 37.5 Å². The second-order valence-electron chi connectivity index (χ2n) is 8.42. The summed E-state index contributed by atoms with van der Waals surface area (Å²) in [6.45, 7) is 5.92. The van der Waals surface area contributed by atoms with E-state index in [1.54, 1.807) is 13.2 Å². The number of amides is 1. The molecule has 2 aliphatic rings. The number of rotatable bonds is 5. The fourth-order valence-corrected chi connectivity index (χ4v) is 4.13. The van der Waals surface area contributed by atoms with Crippen molar-refractivity contribution >= 4 is 17.9 Å². The second kappa shape index (κ2) is 13.6. The summed E-state index contributed by atoms with van der Waals surface area (Å²) in [6.07, 6.45) is 12.0. The minimum absolute atomic E-state index is 0. The summed E-state index contributed by atoms with van der Waals surface area (Å²) >= 11 is 0. The molecule has 32 heavy (non-hydrogen) atoms. The molecule has 0 atom stereocenters. The summed E-state index contributed by atoms with van der Waals surface area (Å²) in [5.74, 6) is 1.74. The van der Waals surface area contributed by atoms with Gasteiger partial charge in [-0.15, -0.1) is 12.1 Å². The molecule has 4 rings (SSSR count). The number of methoxy groups -OCH3 is 1. The average molecular weight is 458 g/mol. The monoisotopic (exact) mass is 457 g/mol. The third-order valence-corrected chi connectivity index (χ3v) is 6.35. The molecule has 0 saturated heterocycles. The van der Waals surface area contributed by atoms with Gasteiger partial charge in [0, 0.05) is 17.7 Å². The molecule has 0 bridgehead atoms. The van der Waals surface area contributed by atoms with E-state index in [1.165, 1.54) is 24.8 Å². The van der Waals surface area contributed by atoms with Gasteiger partial charge in [-0.3, -0.25) is 22.8 Å². The Morgan fingerprint density at radius 2 is 1.88 bits per heavy atom. The zero-order valence-electron chi connectivity index (χ0n) is 19.6. The number of hydrogen-bond donors (Lipinski definition) is 1. The van der Waals surface area contributed by atoms with Crippen LogP contribution in [0.4, 0.5) is 5.69 Å². The molecule has 2 aliphatic carbocycles. The quantitative estimate of drug-likeness (QED) is 0.555. The molecule has 0 unspecified atom stereocenters. The molecule has 0 heterocycles. The third kappa shape index (κ3) is 7.19. The van der Waals surface area contributed by atoms with Gasteiger partial charge in [0.15, 0.2) is 0 Å². The predicted molar refractivity (Wildman–Crippen MR) is 125 cm³/mol. The molecule has 0 aliphatic heterocycles. The number of nitrogens with one attached hydrogen (secondary N) is 1. The molecule has 166 valence electrons. The van der Waals surface area contributed by atoms with Gasteiger partial charge in [0.2, 0.25) is 5.91 Å². The predicted octanol–water partition coefficient (Wildman–Crippen LogP) is 2.93. The van der Waals surface area contributed by atoms with Crippen LogP contribution in [0.25, 0.3) is 0 Å². The zero-order chi connectivity index (χ0) is 22.2. The zero-order valence-corrected chi connectivity index (χ0v) is 22.7. The van der Waals surface area contributed by atoms with Gasteiger partial charge in [-0.05, 0) is 24.8 Å². The number of carbonyl (C=O) groups excluding carboxylic acids is 2. The van der Waals surface area contributed by atoms with Crippen LogP contribution in [0.1, 0.15) is 73.1 Å². The van der Waals surface area contributed by atoms with E-state index in [-0.39, 0.29) is 63.2 Å². The number of aryl methyl sites for hydroxylation is 1. The van der Waals surface area contributed by atoms with Crippen LogP contribution in [0.15, 0.2) is 36.4 Å². The maximum atomic E-state index is 12.1. The number of ether oxygens (including phenoxy) is 1. The van der Waals surface area contributed by atoms with Crippen LogP contribution in [-0.4, -0.2) is 19.3 Å². The number of carbonyl (C=O) groups is 1. The minimum atomic E-state index is 0. The Hall–Kier alpha value is -1.11. The van der Waals surface area contributed by atoms with Gasteiger partial charge in [-0.2, -0.15) is 12.8 Å². The van der Waals surface area contributed by atoms with Gasteiger partial charge < -0.3 is 21.3 Å². The maximum Gasteiger partial charge on any atom is 1.00 e. The molecule has 4 nitrogen and oxygen atoms in total. The molecule has 5 heteroatoms. The van der Waals surface area contributed by atoms with E-state index >= 15 is 0 Å². The first-order chi connectivity index (χ1) is 15.0. The molecule has 0 spiro atoms. The fourth-order valence-electron chi connectivity index (χ4n) is 4.13. The maximum absolute atomic E-state index is 12.1. The SMILES string of the molecule is COc1cc(NC(=O)C2CC[CH-]CC2)ccc1C.[CH2-]c1c([C-]=O)cccc1C1CCC1.[K+]. The van der Waals surface area contributed by atoms with Crippen LogP contribution in [-0.2, 0) is 9.59 Å². The minimum Gasteiger partial charge on any atom is -0.496 e. The second-order valence-corrected chi connectivity index (χ2v) is 8.42. The van der Waals surface area contributed by atoms with Crippen LogP contribution in [0.3, 0.4) is 0 Å². The summed E-state index contributed by atoms with van der Waals surface area (Å²) in [4.78, 5) is 22.6. The van der Waals surface area contributed by atoms with Crippen molar-refractivity contribution in [1.29, 1.82) is 0 Å². The molecule has 2 saturated carbocycles.